The van der Waals surface area contributed by atoms with Crippen molar-refractivity contribution in [3.05, 3.63) is 24.7 Å². The number of nitrogens with one attached hydrogen (secondary N) is 3. The summed E-state index contributed by atoms with van der Waals surface area (Å²) in [5, 5.41) is 31.2. The number of fused-ring (bicyclic) bond motifs is 4. The highest BCUT2D eigenvalue weighted by atomic mass is 32.7. The number of nitrogens with two attached hydrogens (primary N) is 1. The van der Waals surface area contributed by atoms with Gasteiger partial charge in [-0.25, -0.2) is 29.6 Å². The Bertz CT molecular complexity index is 2140. The van der Waals surface area contributed by atoms with E-state index in [1.807, 2.05) is 0 Å². The molecule has 61 heavy (non-hydrogen) atoms. The van der Waals surface area contributed by atoms with Gasteiger partial charge in [-0.1, -0.05) is 11.8 Å². The molecule has 26 heteroatoms. The van der Waals surface area contributed by atoms with Crippen molar-refractivity contribution < 1.29 is 57.0 Å². The Morgan fingerprint density at radius 1 is 0.869 bits per heavy atom. The van der Waals surface area contributed by atoms with Crippen LogP contribution in [0.5, 0.6) is 0 Å². The maximum Gasteiger partial charge on any atom is 0.200 e. The number of rotatable bonds is 8. The van der Waals surface area contributed by atoms with Crippen molar-refractivity contribution in [2.24, 2.45) is 0 Å². The molecule has 0 amide bonds. The minimum absolute atomic E-state index is 0.0898. The first-order valence-electron chi connectivity index (χ1n) is 20.7. The molecule has 4 aromatic rings. The Morgan fingerprint density at radius 3 is 2.15 bits per heavy atom. The van der Waals surface area contributed by atoms with E-state index in [0.717, 1.165) is 6.42 Å². The van der Waals surface area contributed by atoms with Crippen molar-refractivity contribution in [3.63, 3.8) is 0 Å². The number of hydrogen-bond acceptors (Lipinski definition) is 20. The van der Waals surface area contributed by atoms with Gasteiger partial charge in [0.1, 0.15) is 67.3 Å². The number of quaternary nitrogens is 2. The van der Waals surface area contributed by atoms with Crippen LogP contribution >= 0.6 is 13.5 Å². The van der Waals surface area contributed by atoms with E-state index in [1.54, 1.807) is 9.80 Å². The summed E-state index contributed by atoms with van der Waals surface area (Å²) < 4.78 is 50.9. The number of aliphatic hydroxyl groups is 2. The van der Waals surface area contributed by atoms with Crippen LogP contribution in [-0.2, 0) is 62.6 Å². The van der Waals surface area contributed by atoms with Crippen molar-refractivity contribution in [1.29, 1.82) is 0 Å². The van der Waals surface area contributed by atoms with Crippen LogP contribution in [0.15, 0.2) is 19.0 Å². The Kier molecular flexibility index (Phi) is 16.5. The van der Waals surface area contributed by atoms with Gasteiger partial charge in [0.05, 0.1) is 69.9 Å². The van der Waals surface area contributed by atoms with E-state index in [-0.39, 0.29) is 17.0 Å². The first-order valence-corrected chi connectivity index (χ1v) is 25.8. The van der Waals surface area contributed by atoms with E-state index in [4.69, 9.17) is 57.4 Å². The fraction of sp³-hybridized carbons (Fsp3) is 0.714. The number of aliphatic hydroxyl groups excluding tert-OH is 2. The highest BCUT2D eigenvalue weighted by molar-refractivity contribution is 8.32. The number of hydrogen-bond donors (Lipinski definition) is 6. The summed E-state index contributed by atoms with van der Waals surface area (Å²) in [4.78, 5) is 37.8. The van der Waals surface area contributed by atoms with Crippen LogP contribution in [0, 0.1) is 0 Å². The molecule has 0 aliphatic carbocycles. The summed E-state index contributed by atoms with van der Waals surface area (Å²) >= 11 is 10.4. The average molecular weight is 933 g/mol. The summed E-state index contributed by atoms with van der Waals surface area (Å²) in [6.45, 7) is 11.7. The van der Waals surface area contributed by atoms with Gasteiger partial charge in [-0.2, -0.15) is 5.10 Å². The molecule has 4 aliphatic heterocycles. The van der Waals surface area contributed by atoms with E-state index >= 15 is 0 Å². The number of aromatic nitrogens is 8. The molecule has 0 aromatic carbocycles. The van der Waals surface area contributed by atoms with E-state index in [0.29, 0.717) is 35.5 Å². The molecule has 3 saturated heterocycles. The molecule has 4 aliphatic rings. The summed E-state index contributed by atoms with van der Waals surface area (Å²) in [6, 6.07) is 0. The van der Waals surface area contributed by atoms with Crippen molar-refractivity contribution in [1.82, 2.24) is 39.3 Å². The molecule has 2 unspecified atom stereocenters. The molecule has 0 saturated carbocycles. The first-order chi connectivity index (χ1) is 29.2. The highest BCUT2D eigenvalue weighted by Gasteiger charge is 2.51. The van der Waals surface area contributed by atoms with Crippen LogP contribution in [0.4, 0.5) is 11.6 Å². The SMILES string of the molecule is CC[NH+](CC)CC.CC[NH+](CC)CC.Nc1ncnc2c1ncn2[C@@H]1O[C@@H]2COP([O-])(=S)O[C@H]3[C@@H](O)[C@H](n4nc5c6c(ncnc64)NCCC5)O[C@@H]3COP(=O)([S-])O[C@@H]1[C@@H]2O. The van der Waals surface area contributed by atoms with Gasteiger partial charge in [0.25, 0.3) is 0 Å². The van der Waals surface area contributed by atoms with Crippen LogP contribution < -0.4 is 25.7 Å². The standard InChI is InChI=1S/C23H28N10O10P2S2.2C6H15N/c24-18-13-21(29-6-26-18)32(8-30-13)23-17-14(34)10(40-23)4-38-44(36,46)42-16-11(5-39-45(37,47)43-17)41-22(15(16)35)33-20-12-9(31-33)2-1-3-25-19(12)27-7-28-20;2*1-4-7(5-2)6-3/h6-8,10-11,14-17,22-23,34-35H,1-5H2,(H,36,46)(H,37,47)(H2,24,26,29)(H,25,27,28);2*4-6H2,1-3H3/t10-,11-,14-,15-,16-,17-,22-,23-,44?,45?;;/m1../s1. The lowest BCUT2D eigenvalue weighted by molar-refractivity contribution is -0.894. The lowest BCUT2D eigenvalue weighted by Gasteiger charge is -2.34. The van der Waals surface area contributed by atoms with Gasteiger partial charge in [0.15, 0.2) is 29.6 Å². The maximum absolute atomic E-state index is 13.6. The van der Waals surface area contributed by atoms with Crippen LogP contribution in [-0.4, -0.2) is 145 Å². The summed E-state index contributed by atoms with van der Waals surface area (Å²) in [6.07, 6.45) is -5.54. The van der Waals surface area contributed by atoms with E-state index in [2.05, 4.69) is 76.9 Å². The van der Waals surface area contributed by atoms with E-state index in [9.17, 15) is 19.7 Å². The quantitative estimate of drug-likeness (QED) is 0.0918. The predicted molar refractivity (Wildman–Crippen MR) is 228 cm³/mol. The largest absolute Gasteiger partial charge is 0.780 e. The summed E-state index contributed by atoms with van der Waals surface area (Å²) in [5.41, 5.74) is 7.45. The Hall–Kier alpha value is -2.51. The van der Waals surface area contributed by atoms with Gasteiger partial charge in [0, 0.05) is 6.54 Å². The number of ether oxygens (including phenoxy) is 2. The van der Waals surface area contributed by atoms with Gasteiger partial charge < -0.3 is 75.8 Å². The number of nitrogens with zero attached hydrogens (tertiary/aromatic N) is 8. The van der Waals surface area contributed by atoms with Gasteiger partial charge in [-0.15, -0.1) is 0 Å². The van der Waals surface area contributed by atoms with Crippen LogP contribution in [0.25, 0.3) is 22.2 Å². The fourth-order valence-corrected chi connectivity index (χ4v) is 10.4. The van der Waals surface area contributed by atoms with Gasteiger partial charge in [-0.3, -0.25) is 9.13 Å². The molecule has 0 radical (unpaired) electrons. The van der Waals surface area contributed by atoms with E-state index in [1.165, 1.54) is 67.5 Å². The molecule has 7 N–H and O–H groups in total. The lowest BCUT2D eigenvalue weighted by atomic mass is 10.1. The molecule has 10 atom stereocenters. The zero-order valence-corrected chi connectivity index (χ0v) is 38.6. The van der Waals surface area contributed by atoms with Crippen LogP contribution in [0.2, 0.25) is 0 Å². The third-order valence-electron chi connectivity index (χ3n) is 11.3. The minimum Gasteiger partial charge on any atom is -0.780 e. The molecule has 8 rings (SSSR count). The molecular weight excluding hydrogens is 875 g/mol. The predicted octanol–water partition coefficient (Wildman–Crippen LogP) is -0.958. The maximum atomic E-state index is 13.6. The molecule has 340 valence electrons. The smallest absolute Gasteiger partial charge is 0.200 e. The second-order valence-electron chi connectivity index (χ2n) is 14.8. The van der Waals surface area contributed by atoms with Crippen LogP contribution in [0.1, 0.15) is 66.1 Å². The summed E-state index contributed by atoms with van der Waals surface area (Å²) in [7, 11) is 0. The normalized spacial score (nSPS) is 31.5. The monoisotopic (exact) mass is 932 g/mol. The lowest BCUT2D eigenvalue weighted by Crippen LogP contribution is -3.11. The topological polar surface area (TPSA) is 270 Å². The fourth-order valence-electron chi connectivity index (χ4n) is 7.62. The van der Waals surface area contributed by atoms with Crippen molar-refractivity contribution in [2.45, 2.75) is 103 Å². The Morgan fingerprint density at radius 2 is 1.49 bits per heavy atom. The van der Waals surface area contributed by atoms with Gasteiger partial charge >= 0.3 is 0 Å². The summed E-state index contributed by atoms with van der Waals surface area (Å²) in [5.74, 6) is 0.681. The number of anilines is 2. The van der Waals surface area contributed by atoms with Crippen LogP contribution in [0.3, 0.4) is 0 Å². The second-order valence-corrected chi connectivity index (χ2v) is 20.2. The molecule has 2 bridgehead atoms. The zero-order valence-electron chi connectivity index (χ0n) is 35.2. The average Bonchev–Trinajstić information content (AvgIpc) is 3.96. The molecule has 0 spiro atoms. The molecule has 4 aromatic heterocycles. The number of nitrogen functional groups attached to an aromatic ring is 1. The third-order valence-corrected chi connectivity index (χ3v) is 14.3. The van der Waals surface area contributed by atoms with E-state index < -0.39 is 75.8 Å². The number of imidazole rings is 1. The van der Waals surface area contributed by atoms with Crippen molar-refractivity contribution in [3.8, 4) is 0 Å². The zero-order chi connectivity index (χ0) is 44.1. The first kappa shape index (κ1) is 48.0. The van der Waals surface area contributed by atoms with Gasteiger partial charge in [-0.05, 0) is 54.4 Å². The molecule has 3 fully saturated rings. The third kappa shape index (κ3) is 10.9. The number of aryl methyl sites for hydroxylation is 1. The highest BCUT2D eigenvalue weighted by Crippen LogP contribution is 2.54. The molecular formula is C35H58N12O10P2S2. The molecule has 22 nitrogen and oxygen atoms in total. The van der Waals surface area contributed by atoms with Gasteiger partial charge in [0.2, 0.25) is 6.80 Å². The van der Waals surface area contributed by atoms with Crippen molar-refractivity contribution in [2.75, 3.05) is 70.1 Å². The Labute approximate surface area is 364 Å². The molecule has 8 heterocycles. The second kappa shape index (κ2) is 21.0. The Balaban J connectivity index is 0.000000385. The minimum atomic E-state index is -4.43. The van der Waals surface area contributed by atoms with Crippen molar-refractivity contribution >= 4 is 71.4 Å².